The van der Waals surface area contributed by atoms with E-state index < -0.39 is 6.10 Å². The van der Waals surface area contributed by atoms with E-state index in [-0.39, 0.29) is 16.7 Å². The molecule has 2 atom stereocenters. The molecule has 0 bridgehead atoms. The van der Waals surface area contributed by atoms with Crippen molar-refractivity contribution in [2.24, 2.45) is 5.41 Å². The third kappa shape index (κ3) is 4.14. The lowest BCUT2D eigenvalue weighted by atomic mass is 9.90. The first-order valence-electron chi connectivity index (χ1n) is 7.01. The second-order valence-corrected chi connectivity index (χ2v) is 7.14. The maximum Gasteiger partial charge on any atom is 0.261 e. The highest BCUT2D eigenvalue weighted by Gasteiger charge is 2.29. The first-order valence-corrected chi connectivity index (χ1v) is 7.45. The Morgan fingerprint density at radius 3 is 2.80 bits per heavy atom. The minimum Gasteiger partial charge on any atom is -0.480 e. The van der Waals surface area contributed by atoms with Crippen LogP contribution in [0.15, 0.2) is 24.3 Å². The van der Waals surface area contributed by atoms with Crippen molar-refractivity contribution in [2.75, 3.05) is 6.54 Å². The lowest BCUT2D eigenvalue weighted by molar-refractivity contribution is -0.127. The fourth-order valence-electron chi connectivity index (χ4n) is 2.39. The number of carbonyl (C=O) groups excluding carboxylic acids is 1. The number of halogens is 1. The number of amides is 1. The van der Waals surface area contributed by atoms with Crippen molar-refractivity contribution in [3.63, 3.8) is 0 Å². The summed E-state index contributed by atoms with van der Waals surface area (Å²) in [5.41, 5.74) is 1.25. The van der Waals surface area contributed by atoms with Gasteiger partial charge >= 0.3 is 0 Å². The summed E-state index contributed by atoms with van der Waals surface area (Å²) < 4.78 is 5.65. The number of nitrogens with one attached hydrogen (secondary N) is 1. The van der Waals surface area contributed by atoms with Gasteiger partial charge in [-0.2, -0.15) is 0 Å². The van der Waals surface area contributed by atoms with Gasteiger partial charge in [0.15, 0.2) is 6.10 Å². The molecule has 110 valence electrons. The predicted octanol–water partition coefficient (Wildman–Crippen LogP) is 3.15. The average Bonchev–Trinajstić information content (AvgIpc) is 2.77. The van der Waals surface area contributed by atoms with Gasteiger partial charge < -0.3 is 10.1 Å². The molecule has 1 aliphatic heterocycles. The Labute approximate surface area is 125 Å². The number of para-hydroxylation sites is 1. The summed E-state index contributed by atoms with van der Waals surface area (Å²) in [4.78, 5) is 12.1. The predicted molar refractivity (Wildman–Crippen MR) is 81.3 cm³/mol. The number of hydrogen-bond acceptors (Lipinski definition) is 2. The second kappa shape index (κ2) is 6.04. The molecule has 0 fully saturated rings. The fourth-order valence-corrected chi connectivity index (χ4v) is 2.93. The molecule has 0 radical (unpaired) electrons. The molecule has 0 saturated carbocycles. The molecule has 1 N–H and O–H groups in total. The van der Waals surface area contributed by atoms with E-state index in [0.29, 0.717) is 13.0 Å². The molecule has 3 nitrogen and oxygen atoms in total. The van der Waals surface area contributed by atoms with Crippen molar-refractivity contribution >= 4 is 17.5 Å². The Morgan fingerprint density at radius 1 is 1.45 bits per heavy atom. The summed E-state index contributed by atoms with van der Waals surface area (Å²) >= 11 is 6.25. The van der Waals surface area contributed by atoms with E-state index in [1.54, 1.807) is 0 Å². The van der Waals surface area contributed by atoms with E-state index in [4.69, 9.17) is 16.3 Å². The Bertz CT molecular complexity index is 457. The number of fused-ring (bicyclic) bond motifs is 1. The van der Waals surface area contributed by atoms with Crippen LogP contribution < -0.4 is 10.1 Å². The zero-order valence-corrected chi connectivity index (χ0v) is 13.0. The Balaban J connectivity index is 1.80. The smallest absolute Gasteiger partial charge is 0.261 e. The maximum atomic E-state index is 12.1. The van der Waals surface area contributed by atoms with E-state index in [0.717, 1.165) is 17.7 Å². The summed E-state index contributed by atoms with van der Waals surface area (Å²) in [7, 11) is 0. The molecule has 0 saturated heterocycles. The number of rotatable bonds is 4. The Hall–Kier alpha value is -1.22. The SMILES string of the molecule is CC(C)(C)CC(Cl)CNC(=O)C1Cc2ccccc2O1. The average molecular weight is 296 g/mol. The van der Waals surface area contributed by atoms with Crippen LogP contribution in [0.5, 0.6) is 5.75 Å². The fraction of sp³-hybridized carbons (Fsp3) is 0.562. The largest absolute Gasteiger partial charge is 0.480 e. The lowest BCUT2D eigenvalue weighted by Gasteiger charge is -2.22. The maximum absolute atomic E-state index is 12.1. The van der Waals surface area contributed by atoms with Gasteiger partial charge in [-0.05, 0) is 23.5 Å². The standard InChI is InChI=1S/C16H22ClNO2/c1-16(2,3)9-12(17)10-18-15(19)14-8-11-6-4-5-7-13(11)20-14/h4-7,12,14H,8-10H2,1-3H3,(H,18,19). The third-order valence-corrected chi connectivity index (χ3v) is 3.58. The van der Waals surface area contributed by atoms with Crippen LogP contribution in [0.3, 0.4) is 0 Å². The Kier molecular flexibility index (Phi) is 4.59. The molecule has 20 heavy (non-hydrogen) atoms. The molecular weight excluding hydrogens is 274 g/mol. The molecular formula is C16H22ClNO2. The van der Waals surface area contributed by atoms with Crippen LogP contribution in [0.4, 0.5) is 0 Å². The van der Waals surface area contributed by atoms with Crippen LogP contribution in [0.1, 0.15) is 32.8 Å². The number of carbonyl (C=O) groups is 1. The highest BCUT2D eigenvalue weighted by molar-refractivity contribution is 6.20. The monoisotopic (exact) mass is 295 g/mol. The van der Waals surface area contributed by atoms with E-state index in [9.17, 15) is 4.79 Å². The zero-order valence-electron chi connectivity index (χ0n) is 12.3. The number of alkyl halides is 1. The van der Waals surface area contributed by atoms with Gasteiger partial charge in [-0.1, -0.05) is 39.0 Å². The summed E-state index contributed by atoms with van der Waals surface area (Å²) in [5.74, 6) is 0.727. The van der Waals surface area contributed by atoms with E-state index in [1.807, 2.05) is 24.3 Å². The molecule has 1 amide bonds. The molecule has 0 aromatic heterocycles. The van der Waals surface area contributed by atoms with Crippen molar-refractivity contribution < 1.29 is 9.53 Å². The van der Waals surface area contributed by atoms with Gasteiger partial charge in [0.2, 0.25) is 0 Å². The van der Waals surface area contributed by atoms with Crippen molar-refractivity contribution in [3.8, 4) is 5.75 Å². The summed E-state index contributed by atoms with van der Waals surface area (Å²) in [6.07, 6.45) is 1.07. The van der Waals surface area contributed by atoms with Crippen LogP contribution in [0.25, 0.3) is 0 Å². The van der Waals surface area contributed by atoms with Gasteiger partial charge in [-0.15, -0.1) is 11.6 Å². The van der Waals surface area contributed by atoms with E-state index in [1.165, 1.54) is 0 Å². The molecule has 1 aromatic carbocycles. The zero-order chi connectivity index (χ0) is 14.8. The molecule has 1 aliphatic rings. The number of ether oxygens (including phenoxy) is 1. The van der Waals surface area contributed by atoms with Gasteiger partial charge in [0.05, 0.1) is 5.38 Å². The van der Waals surface area contributed by atoms with Crippen LogP contribution in [0, 0.1) is 5.41 Å². The Morgan fingerprint density at radius 2 is 2.15 bits per heavy atom. The van der Waals surface area contributed by atoms with Crippen molar-refractivity contribution in [2.45, 2.75) is 45.1 Å². The molecule has 0 spiro atoms. The first-order chi connectivity index (χ1) is 9.35. The molecule has 4 heteroatoms. The minimum atomic E-state index is -0.425. The van der Waals surface area contributed by atoms with Crippen LogP contribution in [0.2, 0.25) is 0 Å². The van der Waals surface area contributed by atoms with Crippen LogP contribution >= 0.6 is 11.6 Å². The van der Waals surface area contributed by atoms with Gasteiger partial charge in [0.1, 0.15) is 5.75 Å². The molecule has 1 heterocycles. The van der Waals surface area contributed by atoms with E-state index >= 15 is 0 Å². The highest BCUT2D eigenvalue weighted by atomic mass is 35.5. The van der Waals surface area contributed by atoms with Crippen molar-refractivity contribution in [1.82, 2.24) is 5.32 Å². The quantitative estimate of drug-likeness (QED) is 0.867. The van der Waals surface area contributed by atoms with Crippen molar-refractivity contribution in [3.05, 3.63) is 29.8 Å². The normalized spacial score (nSPS) is 19.1. The number of hydrogen-bond donors (Lipinski definition) is 1. The van der Waals surface area contributed by atoms with Gasteiger partial charge in [0.25, 0.3) is 5.91 Å². The molecule has 2 unspecified atom stereocenters. The highest BCUT2D eigenvalue weighted by Crippen LogP contribution is 2.28. The minimum absolute atomic E-state index is 0.0530. The number of benzene rings is 1. The van der Waals surface area contributed by atoms with Crippen molar-refractivity contribution in [1.29, 1.82) is 0 Å². The lowest BCUT2D eigenvalue weighted by Crippen LogP contribution is -2.40. The van der Waals surface area contributed by atoms with E-state index in [2.05, 4.69) is 26.1 Å². The van der Waals surface area contributed by atoms with Crippen LogP contribution in [-0.2, 0) is 11.2 Å². The third-order valence-electron chi connectivity index (χ3n) is 3.27. The molecule has 2 rings (SSSR count). The summed E-state index contributed by atoms with van der Waals surface area (Å²) in [5, 5.41) is 2.83. The van der Waals surface area contributed by atoms with Gasteiger partial charge in [0, 0.05) is 13.0 Å². The second-order valence-electron chi connectivity index (χ2n) is 6.53. The topological polar surface area (TPSA) is 38.3 Å². The molecule has 0 aliphatic carbocycles. The summed E-state index contributed by atoms with van der Waals surface area (Å²) in [6.45, 7) is 6.90. The van der Waals surface area contributed by atoms with Gasteiger partial charge in [-0.3, -0.25) is 4.79 Å². The van der Waals surface area contributed by atoms with Crippen LogP contribution in [-0.4, -0.2) is 23.9 Å². The summed E-state index contributed by atoms with van der Waals surface area (Å²) in [6, 6.07) is 7.76. The first kappa shape index (κ1) is 15.2. The molecule has 1 aromatic rings. The van der Waals surface area contributed by atoms with Gasteiger partial charge in [-0.25, -0.2) is 0 Å².